The van der Waals surface area contributed by atoms with Gasteiger partial charge in [0.2, 0.25) is 0 Å². The van der Waals surface area contributed by atoms with Crippen LogP contribution in [0.3, 0.4) is 0 Å². The van der Waals surface area contributed by atoms with Gasteiger partial charge < -0.3 is 10.5 Å². The third kappa shape index (κ3) is 2.31. The van der Waals surface area contributed by atoms with Crippen LogP contribution in [-0.4, -0.2) is 12.9 Å². The molecular weight excluding hydrogens is 238 g/mol. The summed E-state index contributed by atoms with van der Waals surface area (Å²) in [5.41, 5.74) is 9.30. The van der Waals surface area contributed by atoms with Gasteiger partial charge in [-0.2, -0.15) is 0 Å². The molecule has 0 bridgehead atoms. The molecule has 2 N–H and O–H groups in total. The highest BCUT2D eigenvalue weighted by Gasteiger charge is 2.23. The van der Waals surface area contributed by atoms with E-state index in [2.05, 4.69) is 0 Å². The zero-order chi connectivity index (χ0) is 13.3. The predicted octanol–water partition coefficient (Wildman–Crippen LogP) is 2.86. The molecule has 0 radical (unpaired) electrons. The molecule has 0 amide bonds. The van der Waals surface area contributed by atoms with Crippen molar-refractivity contribution >= 4 is 17.4 Å². The van der Waals surface area contributed by atoms with Gasteiger partial charge in [-0.25, -0.2) is 0 Å². The van der Waals surface area contributed by atoms with E-state index in [1.54, 1.807) is 7.11 Å². The van der Waals surface area contributed by atoms with Gasteiger partial charge in [-0.1, -0.05) is 11.6 Å². The second-order valence-electron chi connectivity index (χ2n) is 4.22. The third-order valence-electron chi connectivity index (χ3n) is 3.16. The van der Waals surface area contributed by atoms with Crippen molar-refractivity contribution in [3.05, 3.63) is 27.3 Å². The van der Waals surface area contributed by atoms with Crippen molar-refractivity contribution in [2.75, 3.05) is 7.11 Å². The first-order valence-corrected chi connectivity index (χ1v) is 5.79. The number of rotatable bonds is 3. The fraction of sp³-hybridized carbons (Fsp3) is 0.462. The SMILES string of the molecule is COc1c(C)c(C)c(Cl)c(C)c1C(N)C(C)=O. The van der Waals surface area contributed by atoms with E-state index in [0.29, 0.717) is 16.3 Å². The van der Waals surface area contributed by atoms with E-state index < -0.39 is 6.04 Å². The Hall–Kier alpha value is -1.06. The molecule has 0 saturated carbocycles. The number of hydrogen-bond acceptors (Lipinski definition) is 3. The van der Waals surface area contributed by atoms with Crippen LogP contribution >= 0.6 is 11.6 Å². The summed E-state index contributed by atoms with van der Waals surface area (Å²) in [7, 11) is 1.57. The molecule has 1 aromatic carbocycles. The maximum atomic E-state index is 11.4. The van der Waals surface area contributed by atoms with Gasteiger partial charge in [-0.3, -0.25) is 4.79 Å². The number of halogens is 1. The van der Waals surface area contributed by atoms with Gasteiger partial charge in [0.1, 0.15) is 5.75 Å². The zero-order valence-corrected chi connectivity index (χ0v) is 11.6. The number of methoxy groups -OCH3 is 1. The molecule has 3 nitrogen and oxygen atoms in total. The largest absolute Gasteiger partial charge is 0.496 e. The van der Waals surface area contributed by atoms with E-state index in [4.69, 9.17) is 22.1 Å². The molecule has 4 heteroatoms. The van der Waals surface area contributed by atoms with Crippen molar-refractivity contribution in [1.82, 2.24) is 0 Å². The Morgan fingerprint density at radius 2 is 1.76 bits per heavy atom. The Balaban J connectivity index is 3.63. The van der Waals surface area contributed by atoms with Gasteiger partial charge in [0.15, 0.2) is 5.78 Å². The fourth-order valence-corrected chi connectivity index (χ4v) is 2.19. The third-order valence-corrected chi connectivity index (χ3v) is 3.73. The van der Waals surface area contributed by atoms with Crippen molar-refractivity contribution < 1.29 is 9.53 Å². The lowest BCUT2D eigenvalue weighted by Crippen LogP contribution is -2.21. The number of Topliss-reactive ketones (excluding diaryl/α,β-unsaturated/α-hetero) is 1. The highest BCUT2D eigenvalue weighted by atomic mass is 35.5. The van der Waals surface area contributed by atoms with Crippen molar-refractivity contribution in [3.8, 4) is 5.75 Å². The first-order chi connectivity index (χ1) is 7.82. The van der Waals surface area contributed by atoms with Crippen molar-refractivity contribution in [3.63, 3.8) is 0 Å². The van der Waals surface area contributed by atoms with Crippen LogP contribution in [0.4, 0.5) is 0 Å². The van der Waals surface area contributed by atoms with Crippen LogP contribution in [0.2, 0.25) is 5.02 Å². The summed E-state index contributed by atoms with van der Waals surface area (Å²) in [5, 5.41) is 0.648. The average Bonchev–Trinajstić information content (AvgIpc) is 2.29. The molecule has 0 heterocycles. The predicted molar refractivity (Wildman–Crippen MR) is 69.8 cm³/mol. The summed E-state index contributed by atoms with van der Waals surface area (Å²) >= 11 is 6.24. The molecular formula is C13H18ClNO2. The number of hydrogen-bond donors (Lipinski definition) is 1. The molecule has 0 saturated heterocycles. The summed E-state index contributed by atoms with van der Waals surface area (Å²) < 4.78 is 5.37. The normalized spacial score (nSPS) is 12.4. The quantitative estimate of drug-likeness (QED) is 0.904. The lowest BCUT2D eigenvalue weighted by Gasteiger charge is -2.21. The number of ether oxygens (including phenoxy) is 1. The van der Waals surface area contributed by atoms with E-state index >= 15 is 0 Å². The number of carbonyl (C=O) groups is 1. The molecule has 17 heavy (non-hydrogen) atoms. The molecule has 1 atom stereocenters. The molecule has 0 spiro atoms. The van der Waals surface area contributed by atoms with Crippen LogP contribution in [0.15, 0.2) is 0 Å². The topological polar surface area (TPSA) is 52.3 Å². The summed E-state index contributed by atoms with van der Waals surface area (Å²) in [4.78, 5) is 11.4. The average molecular weight is 256 g/mol. The van der Waals surface area contributed by atoms with Crippen LogP contribution in [0.1, 0.15) is 35.2 Å². The lowest BCUT2D eigenvalue weighted by atomic mass is 9.92. The second kappa shape index (κ2) is 5.07. The number of ketones is 1. The van der Waals surface area contributed by atoms with Crippen molar-refractivity contribution in [2.45, 2.75) is 33.7 Å². The van der Waals surface area contributed by atoms with Crippen LogP contribution < -0.4 is 10.5 Å². The number of benzene rings is 1. The molecule has 0 fully saturated rings. The molecule has 0 aromatic heterocycles. The summed E-state index contributed by atoms with van der Waals surface area (Å²) in [5.74, 6) is 0.554. The van der Waals surface area contributed by atoms with E-state index in [0.717, 1.165) is 16.7 Å². The summed E-state index contributed by atoms with van der Waals surface area (Å²) in [6, 6.07) is -0.693. The molecule has 0 aliphatic rings. The minimum absolute atomic E-state index is 0.106. The number of carbonyl (C=O) groups excluding carboxylic acids is 1. The monoisotopic (exact) mass is 255 g/mol. The van der Waals surface area contributed by atoms with Gasteiger partial charge in [0, 0.05) is 10.6 Å². The highest BCUT2D eigenvalue weighted by Crippen LogP contribution is 2.38. The number of nitrogens with two attached hydrogens (primary N) is 1. The molecule has 1 unspecified atom stereocenters. The first kappa shape index (κ1) is 14.0. The first-order valence-electron chi connectivity index (χ1n) is 5.42. The maximum absolute atomic E-state index is 11.4. The van der Waals surface area contributed by atoms with E-state index in [1.807, 2.05) is 20.8 Å². The highest BCUT2D eigenvalue weighted by molar-refractivity contribution is 6.32. The van der Waals surface area contributed by atoms with Gasteiger partial charge in [0.25, 0.3) is 0 Å². The fourth-order valence-electron chi connectivity index (χ4n) is 1.95. The van der Waals surface area contributed by atoms with Gasteiger partial charge in [-0.15, -0.1) is 0 Å². The van der Waals surface area contributed by atoms with E-state index in [1.165, 1.54) is 6.92 Å². The summed E-state index contributed by atoms with van der Waals surface area (Å²) in [6.45, 7) is 7.16. The standard InChI is InChI=1S/C13H18ClNO2/c1-6-7(2)13(17-5)10(8(3)11(6)14)12(15)9(4)16/h12H,15H2,1-5H3. The lowest BCUT2D eigenvalue weighted by molar-refractivity contribution is -0.118. The Kier molecular flexibility index (Phi) is 4.17. The summed E-state index contributed by atoms with van der Waals surface area (Å²) in [6.07, 6.45) is 0. The van der Waals surface area contributed by atoms with Crippen LogP contribution in [-0.2, 0) is 4.79 Å². The molecule has 1 aromatic rings. The molecule has 0 aliphatic carbocycles. The minimum Gasteiger partial charge on any atom is -0.496 e. The minimum atomic E-state index is -0.693. The zero-order valence-electron chi connectivity index (χ0n) is 10.8. The van der Waals surface area contributed by atoms with E-state index in [-0.39, 0.29) is 5.78 Å². The van der Waals surface area contributed by atoms with Gasteiger partial charge in [0.05, 0.1) is 13.2 Å². The molecule has 0 aliphatic heterocycles. The van der Waals surface area contributed by atoms with Crippen LogP contribution in [0.25, 0.3) is 0 Å². The Morgan fingerprint density at radius 3 is 2.18 bits per heavy atom. The van der Waals surface area contributed by atoms with Crippen molar-refractivity contribution in [2.24, 2.45) is 5.73 Å². The van der Waals surface area contributed by atoms with Gasteiger partial charge >= 0.3 is 0 Å². The Bertz CT molecular complexity index is 469. The Labute approximate surface area is 107 Å². The Morgan fingerprint density at radius 1 is 1.24 bits per heavy atom. The smallest absolute Gasteiger partial charge is 0.151 e. The van der Waals surface area contributed by atoms with E-state index in [9.17, 15) is 4.79 Å². The maximum Gasteiger partial charge on any atom is 0.151 e. The molecule has 1 rings (SSSR count). The van der Waals surface area contributed by atoms with Crippen LogP contribution in [0, 0.1) is 20.8 Å². The van der Waals surface area contributed by atoms with Gasteiger partial charge in [-0.05, 0) is 44.4 Å². The second-order valence-corrected chi connectivity index (χ2v) is 4.60. The molecule has 94 valence electrons. The van der Waals surface area contributed by atoms with Crippen LogP contribution in [0.5, 0.6) is 5.75 Å². The van der Waals surface area contributed by atoms with Crippen molar-refractivity contribution in [1.29, 1.82) is 0 Å².